The lowest BCUT2D eigenvalue weighted by Gasteiger charge is -2.23. The minimum absolute atomic E-state index is 0.0262. The Kier molecular flexibility index (Phi) is 4.79. The average molecular weight is 299 g/mol. The van der Waals surface area contributed by atoms with Crippen molar-refractivity contribution in [1.29, 1.82) is 0 Å². The molecule has 4 N–H and O–H groups in total. The molecule has 1 heterocycles. The van der Waals surface area contributed by atoms with Crippen molar-refractivity contribution in [2.45, 2.75) is 50.5 Å². The van der Waals surface area contributed by atoms with Crippen LogP contribution in [0.2, 0.25) is 0 Å². The van der Waals surface area contributed by atoms with E-state index in [0.717, 1.165) is 12.1 Å². The fraction of sp³-hybridized carbons (Fsp3) is 0.769. The maximum atomic E-state index is 11.6. The van der Waals surface area contributed by atoms with Crippen molar-refractivity contribution in [2.75, 3.05) is 7.11 Å². The number of carbonyl (C=O) groups excluding carboxylic acids is 1. The molecule has 5 atom stereocenters. The molecule has 0 aromatic heterocycles. The third-order valence-corrected chi connectivity index (χ3v) is 3.86. The molecule has 0 radical (unpaired) electrons. The predicted molar refractivity (Wildman–Crippen MR) is 73.7 cm³/mol. The molecule has 2 rings (SSSR count). The first-order valence-corrected chi connectivity index (χ1v) is 6.98. The van der Waals surface area contributed by atoms with Crippen LogP contribution < -0.4 is 11.1 Å². The van der Waals surface area contributed by atoms with E-state index in [2.05, 4.69) is 10.5 Å². The minimum Gasteiger partial charge on any atom is -0.480 e. The van der Waals surface area contributed by atoms with Gasteiger partial charge in [-0.15, -0.1) is 0 Å². The average Bonchev–Trinajstić information content (AvgIpc) is 3.20. The summed E-state index contributed by atoms with van der Waals surface area (Å²) in [7, 11) is 1.49. The van der Waals surface area contributed by atoms with Crippen LogP contribution in [0.15, 0.2) is 5.16 Å². The standard InChI is InChI=1S/C13H21N3O5/c1-6(14)12(17)15-9(13(18)19)5-7-3-4-8(16-20-2)11-10(7)21-11/h6-7,9-11H,3-5,14H2,1-2H3,(H,15,17)(H,18,19)/t6-,7?,9-,10?,11?/m0/s1. The molecule has 1 saturated carbocycles. The number of carboxylic acid groups (broad SMARTS) is 1. The maximum absolute atomic E-state index is 11.6. The quantitative estimate of drug-likeness (QED) is 0.447. The van der Waals surface area contributed by atoms with Crippen molar-refractivity contribution in [1.82, 2.24) is 5.32 Å². The van der Waals surface area contributed by atoms with Gasteiger partial charge in [-0.25, -0.2) is 4.79 Å². The molecule has 1 aliphatic heterocycles. The Morgan fingerprint density at radius 1 is 1.62 bits per heavy atom. The lowest BCUT2D eigenvalue weighted by atomic mass is 9.83. The van der Waals surface area contributed by atoms with Crippen LogP contribution in [0.1, 0.15) is 26.2 Å². The highest BCUT2D eigenvalue weighted by atomic mass is 16.6. The van der Waals surface area contributed by atoms with E-state index in [1.807, 2.05) is 0 Å². The van der Waals surface area contributed by atoms with Gasteiger partial charge in [0.1, 0.15) is 19.3 Å². The number of amides is 1. The lowest BCUT2D eigenvalue weighted by Crippen LogP contribution is -2.48. The van der Waals surface area contributed by atoms with Crippen LogP contribution in [0, 0.1) is 5.92 Å². The second kappa shape index (κ2) is 6.40. The molecule has 8 nitrogen and oxygen atoms in total. The molecular formula is C13H21N3O5. The topological polar surface area (TPSA) is 127 Å². The zero-order chi connectivity index (χ0) is 15.6. The molecule has 8 heteroatoms. The Morgan fingerprint density at radius 2 is 2.33 bits per heavy atom. The number of ether oxygens (including phenoxy) is 1. The van der Waals surface area contributed by atoms with Gasteiger partial charge in [-0.3, -0.25) is 4.79 Å². The number of fused-ring (bicyclic) bond motifs is 1. The number of hydrogen-bond donors (Lipinski definition) is 3. The molecule has 3 unspecified atom stereocenters. The van der Waals surface area contributed by atoms with Gasteiger partial charge in [0.2, 0.25) is 5.91 Å². The van der Waals surface area contributed by atoms with Gasteiger partial charge < -0.3 is 25.7 Å². The van der Waals surface area contributed by atoms with E-state index >= 15 is 0 Å². The van der Waals surface area contributed by atoms with Crippen LogP contribution in [0.3, 0.4) is 0 Å². The summed E-state index contributed by atoms with van der Waals surface area (Å²) in [6.07, 6.45) is 1.72. The molecule has 2 fully saturated rings. The van der Waals surface area contributed by atoms with Gasteiger partial charge in [0.25, 0.3) is 0 Å². The van der Waals surface area contributed by atoms with E-state index in [9.17, 15) is 14.7 Å². The molecule has 1 saturated heterocycles. The number of hydrogen-bond acceptors (Lipinski definition) is 6. The SMILES string of the molecule is CON=C1CCC(C[C@H](NC(=O)[C@H](C)N)C(=O)O)C2OC12. The number of nitrogens with zero attached hydrogens (tertiary/aromatic N) is 1. The summed E-state index contributed by atoms with van der Waals surface area (Å²) < 4.78 is 5.55. The van der Waals surface area contributed by atoms with Crippen LogP contribution in [0.25, 0.3) is 0 Å². The minimum atomic E-state index is -1.06. The Labute approximate surface area is 122 Å². The highest BCUT2D eigenvalue weighted by molar-refractivity contribution is 5.92. The lowest BCUT2D eigenvalue weighted by molar-refractivity contribution is -0.142. The number of rotatable bonds is 6. The molecule has 21 heavy (non-hydrogen) atoms. The number of oxime groups is 1. The smallest absolute Gasteiger partial charge is 0.326 e. The van der Waals surface area contributed by atoms with Crippen molar-refractivity contribution < 1.29 is 24.3 Å². The Bertz CT molecular complexity index is 451. The Morgan fingerprint density at radius 3 is 2.90 bits per heavy atom. The molecule has 0 aromatic rings. The fourth-order valence-corrected chi connectivity index (χ4v) is 2.68. The number of nitrogens with one attached hydrogen (secondary N) is 1. The van der Waals surface area contributed by atoms with Crippen LogP contribution in [-0.4, -0.2) is 54.1 Å². The summed E-state index contributed by atoms with van der Waals surface area (Å²) in [5.41, 5.74) is 6.31. The summed E-state index contributed by atoms with van der Waals surface area (Å²) >= 11 is 0. The first-order valence-electron chi connectivity index (χ1n) is 6.98. The summed E-state index contributed by atoms with van der Waals surface area (Å²) in [6.45, 7) is 1.52. The number of nitrogens with two attached hydrogens (primary N) is 1. The normalized spacial score (nSPS) is 32.0. The van der Waals surface area contributed by atoms with Gasteiger partial charge in [0, 0.05) is 0 Å². The van der Waals surface area contributed by atoms with Gasteiger partial charge in [0.15, 0.2) is 0 Å². The van der Waals surface area contributed by atoms with Gasteiger partial charge >= 0.3 is 5.97 Å². The molecule has 1 aliphatic carbocycles. The van der Waals surface area contributed by atoms with E-state index in [1.165, 1.54) is 14.0 Å². The third kappa shape index (κ3) is 3.70. The summed E-state index contributed by atoms with van der Waals surface area (Å²) in [5.74, 6) is -1.44. The zero-order valence-corrected chi connectivity index (χ0v) is 12.1. The van der Waals surface area contributed by atoms with E-state index < -0.39 is 24.0 Å². The van der Waals surface area contributed by atoms with E-state index in [0.29, 0.717) is 12.8 Å². The van der Waals surface area contributed by atoms with Crippen molar-refractivity contribution in [3.8, 4) is 0 Å². The van der Waals surface area contributed by atoms with Crippen LogP contribution in [0.4, 0.5) is 0 Å². The maximum Gasteiger partial charge on any atom is 0.326 e. The summed E-state index contributed by atoms with van der Waals surface area (Å²) in [6, 6.07) is -1.68. The fourth-order valence-electron chi connectivity index (χ4n) is 2.68. The van der Waals surface area contributed by atoms with Crippen LogP contribution >= 0.6 is 0 Å². The highest BCUT2D eigenvalue weighted by Crippen LogP contribution is 2.41. The molecular weight excluding hydrogens is 278 g/mol. The predicted octanol–water partition coefficient (Wildman–Crippen LogP) is -0.527. The summed E-state index contributed by atoms with van der Waals surface area (Å²) in [5, 5.41) is 15.6. The van der Waals surface area contributed by atoms with Gasteiger partial charge in [-0.2, -0.15) is 0 Å². The largest absolute Gasteiger partial charge is 0.480 e. The second-order valence-corrected chi connectivity index (χ2v) is 5.51. The number of carbonyl (C=O) groups is 2. The molecule has 118 valence electrons. The number of epoxide rings is 1. The molecule has 2 aliphatic rings. The number of aliphatic carboxylic acids is 1. The van der Waals surface area contributed by atoms with Gasteiger partial charge in [0.05, 0.1) is 17.9 Å². The molecule has 0 spiro atoms. The van der Waals surface area contributed by atoms with Crippen molar-refractivity contribution in [2.24, 2.45) is 16.8 Å². The first kappa shape index (κ1) is 15.7. The Balaban J connectivity index is 1.92. The van der Waals surface area contributed by atoms with Crippen molar-refractivity contribution in [3.63, 3.8) is 0 Å². The summed E-state index contributed by atoms with van der Waals surface area (Å²) in [4.78, 5) is 27.6. The van der Waals surface area contributed by atoms with Crippen LogP contribution in [-0.2, 0) is 19.2 Å². The van der Waals surface area contributed by atoms with Crippen molar-refractivity contribution >= 4 is 17.6 Å². The number of carboxylic acids is 1. The zero-order valence-electron chi connectivity index (χ0n) is 12.1. The molecule has 0 bridgehead atoms. The van der Waals surface area contributed by atoms with Gasteiger partial charge in [-0.1, -0.05) is 5.16 Å². The van der Waals surface area contributed by atoms with Crippen LogP contribution in [0.5, 0.6) is 0 Å². The Hall–Kier alpha value is -1.67. The molecule has 1 amide bonds. The van der Waals surface area contributed by atoms with E-state index in [4.69, 9.17) is 15.3 Å². The highest BCUT2D eigenvalue weighted by Gasteiger charge is 2.52. The van der Waals surface area contributed by atoms with Gasteiger partial charge in [-0.05, 0) is 32.1 Å². The van der Waals surface area contributed by atoms with E-state index in [1.54, 1.807) is 0 Å². The second-order valence-electron chi connectivity index (χ2n) is 5.51. The molecule has 0 aromatic carbocycles. The first-order chi connectivity index (χ1) is 9.93. The monoisotopic (exact) mass is 299 g/mol. The third-order valence-electron chi connectivity index (χ3n) is 3.86. The van der Waals surface area contributed by atoms with E-state index in [-0.39, 0.29) is 18.1 Å². The van der Waals surface area contributed by atoms with Crippen molar-refractivity contribution in [3.05, 3.63) is 0 Å².